The van der Waals surface area contributed by atoms with Crippen molar-refractivity contribution in [3.8, 4) is 0 Å². The van der Waals surface area contributed by atoms with Crippen LogP contribution in [-0.2, 0) is 4.79 Å². The summed E-state index contributed by atoms with van der Waals surface area (Å²) >= 11 is 0. The minimum Gasteiger partial charge on any atom is -0.480 e. The Labute approximate surface area is 83.1 Å². The van der Waals surface area contributed by atoms with Crippen LogP contribution < -0.4 is 5.43 Å². The highest BCUT2D eigenvalue weighted by atomic mass is 16.4. The van der Waals surface area contributed by atoms with Crippen LogP contribution in [0.1, 0.15) is 6.92 Å². The van der Waals surface area contributed by atoms with Gasteiger partial charge in [0.25, 0.3) is 0 Å². The van der Waals surface area contributed by atoms with E-state index in [0.29, 0.717) is 6.54 Å². The minimum atomic E-state index is -0.838. The second-order valence-corrected chi connectivity index (χ2v) is 2.89. The van der Waals surface area contributed by atoms with E-state index in [-0.39, 0.29) is 6.54 Å². The lowest BCUT2D eigenvalue weighted by molar-refractivity contribution is -0.137. The summed E-state index contributed by atoms with van der Waals surface area (Å²) in [6, 6.07) is 9.50. The van der Waals surface area contributed by atoms with Gasteiger partial charge in [0.05, 0.1) is 0 Å². The number of nitrogens with one attached hydrogen (secondary N) is 1. The molecule has 0 bridgehead atoms. The molecule has 0 atom stereocenters. The number of likely N-dealkylation sites (N-methyl/N-ethyl adjacent to an activating group) is 1. The largest absolute Gasteiger partial charge is 0.480 e. The Hall–Kier alpha value is -1.55. The Morgan fingerprint density at radius 1 is 1.43 bits per heavy atom. The third kappa shape index (κ3) is 3.45. The molecule has 1 rings (SSSR count). The lowest BCUT2D eigenvalue weighted by Crippen LogP contribution is -2.34. The molecule has 2 N–H and O–H groups in total. The molecule has 76 valence electrons. The fraction of sp³-hybridized carbons (Fsp3) is 0.300. The molecule has 0 saturated carbocycles. The molecule has 4 heteroatoms. The van der Waals surface area contributed by atoms with E-state index in [0.717, 1.165) is 5.69 Å². The zero-order valence-corrected chi connectivity index (χ0v) is 8.10. The van der Waals surface area contributed by atoms with Crippen molar-refractivity contribution in [3.63, 3.8) is 0 Å². The molecule has 0 aromatic heterocycles. The average molecular weight is 194 g/mol. The van der Waals surface area contributed by atoms with E-state index in [2.05, 4.69) is 5.43 Å². The van der Waals surface area contributed by atoms with E-state index in [9.17, 15) is 4.79 Å². The molecule has 0 aliphatic rings. The lowest BCUT2D eigenvalue weighted by Gasteiger charge is -2.20. The molecule has 0 aliphatic heterocycles. The molecule has 1 aromatic rings. The highest BCUT2D eigenvalue weighted by molar-refractivity contribution is 5.69. The molecule has 0 spiro atoms. The zero-order chi connectivity index (χ0) is 10.4. The number of carboxylic acids is 1. The molecule has 0 amide bonds. The Morgan fingerprint density at radius 3 is 2.57 bits per heavy atom. The first-order valence-electron chi connectivity index (χ1n) is 4.51. The zero-order valence-electron chi connectivity index (χ0n) is 8.10. The topological polar surface area (TPSA) is 52.6 Å². The van der Waals surface area contributed by atoms with E-state index >= 15 is 0 Å². The molecule has 14 heavy (non-hydrogen) atoms. The van der Waals surface area contributed by atoms with Crippen LogP contribution in [0.5, 0.6) is 0 Å². The van der Waals surface area contributed by atoms with Gasteiger partial charge in [0.1, 0.15) is 6.54 Å². The molecule has 0 fully saturated rings. The van der Waals surface area contributed by atoms with Gasteiger partial charge in [-0.05, 0) is 12.1 Å². The molecule has 1 aromatic carbocycles. The van der Waals surface area contributed by atoms with Gasteiger partial charge in [0.2, 0.25) is 0 Å². The summed E-state index contributed by atoms with van der Waals surface area (Å²) in [5, 5.41) is 10.2. The van der Waals surface area contributed by atoms with Gasteiger partial charge < -0.3 is 10.5 Å². The Balaban J connectivity index is 2.53. The first-order valence-corrected chi connectivity index (χ1v) is 4.51. The Morgan fingerprint density at radius 2 is 2.07 bits per heavy atom. The SMILES string of the molecule is CCN(CC(=O)O)Nc1ccccc1. The highest BCUT2D eigenvalue weighted by Gasteiger charge is 2.06. The van der Waals surface area contributed by atoms with Crippen LogP contribution in [0.4, 0.5) is 5.69 Å². The molecule has 4 nitrogen and oxygen atoms in total. The van der Waals surface area contributed by atoms with E-state index in [1.807, 2.05) is 37.3 Å². The molecule has 0 unspecified atom stereocenters. The number of hydrogen-bond acceptors (Lipinski definition) is 3. The van der Waals surface area contributed by atoms with Crippen molar-refractivity contribution in [2.24, 2.45) is 0 Å². The first kappa shape index (κ1) is 10.5. The normalized spacial score (nSPS) is 10.1. The van der Waals surface area contributed by atoms with Crippen molar-refractivity contribution in [2.45, 2.75) is 6.92 Å². The van der Waals surface area contributed by atoms with Crippen LogP contribution >= 0.6 is 0 Å². The quantitative estimate of drug-likeness (QED) is 0.696. The summed E-state index contributed by atoms with van der Waals surface area (Å²) in [7, 11) is 0. The highest BCUT2D eigenvalue weighted by Crippen LogP contribution is 2.05. The number of nitrogens with zero attached hydrogens (tertiary/aromatic N) is 1. The third-order valence-electron chi connectivity index (χ3n) is 1.77. The Bertz CT molecular complexity index is 287. The predicted octanol–water partition coefficient (Wildman–Crippen LogP) is 1.42. The van der Waals surface area contributed by atoms with Gasteiger partial charge in [-0.1, -0.05) is 25.1 Å². The molecular weight excluding hydrogens is 180 g/mol. The number of anilines is 1. The van der Waals surface area contributed by atoms with Crippen molar-refractivity contribution >= 4 is 11.7 Å². The van der Waals surface area contributed by atoms with Crippen LogP contribution in [0.25, 0.3) is 0 Å². The number of aliphatic carboxylic acids is 1. The number of benzene rings is 1. The number of hydrogen-bond donors (Lipinski definition) is 2. The summed E-state index contributed by atoms with van der Waals surface area (Å²) in [6.07, 6.45) is 0. The van der Waals surface area contributed by atoms with E-state index < -0.39 is 5.97 Å². The number of carboxylic acid groups (broad SMARTS) is 1. The van der Waals surface area contributed by atoms with E-state index in [1.54, 1.807) is 5.01 Å². The number of rotatable bonds is 5. The van der Waals surface area contributed by atoms with Crippen LogP contribution in [-0.4, -0.2) is 29.2 Å². The van der Waals surface area contributed by atoms with Gasteiger partial charge in [0.15, 0.2) is 0 Å². The van der Waals surface area contributed by atoms with Gasteiger partial charge in [-0.15, -0.1) is 0 Å². The van der Waals surface area contributed by atoms with Gasteiger partial charge >= 0.3 is 5.97 Å². The maximum Gasteiger partial charge on any atom is 0.319 e. The number of carbonyl (C=O) groups is 1. The molecule has 0 heterocycles. The van der Waals surface area contributed by atoms with Gasteiger partial charge in [-0.25, -0.2) is 5.01 Å². The second-order valence-electron chi connectivity index (χ2n) is 2.89. The summed E-state index contributed by atoms with van der Waals surface area (Å²) < 4.78 is 0. The monoisotopic (exact) mass is 194 g/mol. The fourth-order valence-electron chi connectivity index (χ4n) is 1.09. The Kier molecular flexibility index (Phi) is 3.94. The predicted molar refractivity (Wildman–Crippen MR) is 54.9 cm³/mol. The smallest absolute Gasteiger partial charge is 0.319 e. The number of para-hydroxylation sites is 1. The van der Waals surface area contributed by atoms with Gasteiger partial charge in [0, 0.05) is 12.2 Å². The van der Waals surface area contributed by atoms with Gasteiger partial charge in [-0.3, -0.25) is 4.79 Å². The average Bonchev–Trinajstić information content (AvgIpc) is 2.17. The van der Waals surface area contributed by atoms with Crippen LogP contribution in [0.15, 0.2) is 30.3 Å². The van der Waals surface area contributed by atoms with Crippen molar-refractivity contribution < 1.29 is 9.90 Å². The summed E-state index contributed by atoms with van der Waals surface area (Å²) in [5.74, 6) is -0.838. The van der Waals surface area contributed by atoms with Crippen LogP contribution in [0.3, 0.4) is 0 Å². The minimum absolute atomic E-state index is 0.00854. The van der Waals surface area contributed by atoms with E-state index in [4.69, 9.17) is 5.11 Å². The number of hydrazine groups is 1. The third-order valence-corrected chi connectivity index (χ3v) is 1.77. The maximum absolute atomic E-state index is 10.5. The van der Waals surface area contributed by atoms with E-state index in [1.165, 1.54) is 0 Å². The molecule has 0 radical (unpaired) electrons. The van der Waals surface area contributed by atoms with Gasteiger partial charge in [-0.2, -0.15) is 0 Å². The molecule has 0 saturated heterocycles. The summed E-state index contributed by atoms with van der Waals surface area (Å²) in [5.41, 5.74) is 3.91. The van der Waals surface area contributed by atoms with Crippen LogP contribution in [0.2, 0.25) is 0 Å². The second kappa shape index (κ2) is 5.24. The lowest BCUT2D eigenvalue weighted by atomic mass is 10.3. The fourth-order valence-corrected chi connectivity index (χ4v) is 1.09. The maximum atomic E-state index is 10.5. The van der Waals surface area contributed by atoms with Crippen LogP contribution in [0, 0.1) is 0 Å². The summed E-state index contributed by atoms with van der Waals surface area (Å²) in [4.78, 5) is 10.5. The summed E-state index contributed by atoms with van der Waals surface area (Å²) in [6.45, 7) is 2.53. The van der Waals surface area contributed by atoms with Crippen molar-refractivity contribution in [2.75, 3.05) is 18.5 Å². The van der Waals surface area contributed by atoms with Crippen molar-refractivity contribution in [3.05, 3.63) is 30.3 Å². The first-order chi connectivity index (χ1) is 6.72. The van der Waals surface area contributed by atoms with Crippen molar-refractivity contribution in [1.29, 1.82) is 0 Å². The standard InChI is InChI=1S/C10H14N2O2/c1-2-12(8-10(13)14)11-9-6-4-3-5-7-9/h3-7,11H,2,8H2,1H3,(H,13,14). The molecular formula is C10H14N2O2. The molecule has 0 aliphatic carbocycles. The van der Waals surface area contributed by atoms with Crippen molar-refractivity contribution in [1.82, 2.24) is 5.01 Å².